The highest BCUT2D eigenvalue weighted by molar-refractivity contribution is 7.13. The Labute approximate surface area is 104 Å². The number of hydrogen-bond acceptors (Lipinski definition) is 6. The van der Waals surface area contributed by atoms with Crippen LogP contribution in [0.2, 0.25) is 0 Å². The highest BCUT2D eigenvalue weighted by Gasteiger charge is 2.09. The summed E-state index contributed by atoms with van der Waals surface area (Å²) in [5.74, 6) is -0.360. The zero-order chi connectivity index (χ0) is 12.8. The monoisotopic (exact) mass is 257 g/mol. The first-order chi connectivity index (χ1) is 8.02. The van der Waals surface area contributed by atoms with Gasteiger partial charge in [-0.2, -0.15) is 0 Å². The Kier molecular flexibility index (Phi) is 4.89. The third-order valence-corrected chi connectivity index (χ3v) is 2.84. The van der Waals surface area contributed by atoms with E-state index in [2.05, 4.69) is 15.0 Å². The lowest BCUT2D eigenvalue weighted by molar-refractivity contribution is -0.139. The number of hydrogen-bond donors (Lipinski definition) is 1. The lowest BCUT2D eigenvalue weighted by atomic mass is 10.3. The minimum absolute atomic E-state index is 0.0327. The van der Waals surface area contributed by atoms with Crippen molar-refractivity contribution in [2.24, 2.45) is 0 Å². The van der Waals surface area contributed by atoms with E-state index < -0.39 is 0 Å². The van der Waals surface area contributed by atoms with Gasteiger partial charge in [-0.05, 0) is 0 Å². The Balaban J connectivity index is 2.46. The molecule has 94 valence electrons. The third-order valence-electron chi connectivity index (χ3n) is 1.99. The van der Waals surface area contributed by atoms with Crippen LogP contribution in [0.25, 0.3) is 0 Å². The zero-order valence-corrected chi connectivity index (χ0v) is 10.8. The van der Waals surface area contributed by atoms with Crippen LogP contribution < -0.4 is 5.32 Å². The van der Waals surface area contributed by atoms with Crippen molar-refractivity contribution in [3.8, 4) is 0 Å². The summed E-state index contributed by atoms with van der Waals surface area (Å²) in [5, 5.41) is 5.29. The number of nitrogens with one attached hydrogen (secondary N) is 1. The molecule has 1 N–H and O–H groups in total. The normalized spacial score (nSPS) is 9.82. The van der Waals surface area contributed by atoms with Gasteiger partial charge >= 0.3 is 5.97 Å². The Bertz CT molecular complexity index is 403. The van der Waals surface area contributed by atoms with E-state index >= 15 is 0 Å². The van der Waals surface area contributed by atoms with Gasteiger partial charge in [0, 0.05) is 19.5 Å². The summed E-state index contributed by atoms with van der Waals surface area (Å²) in [6.07, 6.45) is 0.149. The molecule has 0 atom stereocenters. The second kappa shape index (κ2) is 6.19. The molecule has 0 spiro atoms. The van der Waals surface area contributed by atoms with E-state index in [1.54, 1.807) is 19.5 Å². The van der Waals surface area contributed by atoms with Gasteiger partial charge in [0.2, 0.25) is 5.91 Å². The van der Waals surface area contributed by atoms with Gasteiger partial charge in [0.15, 0.2) is 5.13 Å². The first kappa shape index (κ1) is 13.4. The maximum absolute atomic E-state index is 11.3. The molecule has 1 amide bonds. The molecule has 0 radical (unpaired) electrons. The molecule has 0 fully saturated rings. The standard InChI is InChI=1S/C10H15N3O3S/c1-13(2)8(14)5-11-10-12-7(6-17-10)4-9(15)16-3/h6H,4-5H2,1-3H3,(H,11,12). The predicted molar refractivity (Wildman–Crippen MR) is 65.0 cm³/mol. The summed E-state index contributed by atoms with van der Waals surface area (Å²) in [6, 6.07) is 0. The second-order valence-electron chi connectivity index (χ2n) is 3.54. The minimum Gasteiger partial charge on any atom is -0.469 e. The number of methoxy groups -OCH3 is 1. The van der Waals surface area contributed by atoms with Crippen molar-refractivity contribution in [3.63, 3.8) is 0 Å². The maximum atomic E-state index is 11.3. The quantitative estimate of drug-likeness (QED) is 0.771. The molecule has 6 nitrogen and oxygen atoms in total. The van der Waals surface area contributed by atoms with E-state index in [1.807, 2.05) is 0 Å². The number of aromatic nitrogens is 1. The van der Waals surface area contributed by atoms with Crippen molar-refractivity contribution in [2.45, 2.75) is 6.42 Å². The van der Waals surface area contributed by atoms with Crippen LogP contribution in [0.15, 0.2) is 5.38 Å². The van der Waals surface area contributed by atoms with Crippen LogP contribution in [-0.2, 0) is 20.7 Å². The average Bonchev–Trinajstić information content (AvgIpc) is 2.73. The second-order valence-corrected chi connectivity index (χ2v) is 4.40. The summed E-state index contributed by atoms with van der Waals surface area (Å²) >= 11 is 1.35. The van der Waals surface area contributed by atoms with Crippen molar-refractivity contribution >= 4 is 28.3 Å². The summed E-state index contributed by atoms with van der Waals surface area (Å²) in [5.41, 5.74) is 0.640. The van der Waals surface area contributed by atoms with Crippen molar-refractivity contribution in [3.05, 3.63) is 11.1 Å². The molecular weight excluding hydrogens is 242 g/mol. The minimum atomic E-state index is -0.328. The van der Waals surface area contributed by atoms with Crippen LogP contribution in [0.5, 0.6) is 0 Å². The highest BCUT2D eigenvalue weighted by Crippen LogP contribution is 2.15. The Hall–Kier alpha value is -1.63. The van der Waals surface area contributed by atoms with E-state index in [-0.39, 0.29) is 24.8 Å². The van der Waals surface area contributed by atoms with Gasteiger partial charge in [-0.1, -0.05) is 0 Å². The largest absolute Gasteiger partial charge is 0.469 e. The zero-order valence-electron chi connectivity index (χ0n) is 10.0. The molecule has 0 aliphatic rings. The van der Waals surface area contributed by atoms with Gasteiger partial charge < -0.3 is 15.0 Å². The SMILES string of the molecule is COC(=O)Cc1csc(NCC(=O)N(C)C)n1. The Morgan fingerprint density at radius 3 is 2.82 bits per heavy atom. The van der Waals surface area contributed by atoms with Crippen molar-refractivity contribution in [1.29, 1.82) is 0 Å². The van der Waals surface area contributed by atoms with Gasteiger partial charge in [0.05, 0.1) is 25.8 Å². The van der Waals surface area contributed by atoms with Gasteiger partial charge in [-0.25, -0.2) is 4.98 Å². The number of carbonyl (C=O) groups is 2. The lowest BCUT2D eigenvalue weighted by Crippen LogP contribution is -2.28. The molecule has 1 aromatic rings. The van der Waals surface area contributed by atoms with Crippen molar-refractivity contribution in [1.82, 2.24) is 9.88 Å². The van der Waals surface area contributed by atoms with Gasteiger partial charge in [0.25, 0.3) is 0 Å². The van der Waals surface area contributed by atoms with Crippen LogP contribution in [0.4, 0.5) is 5.13 Å². The molecule has 17 heavy (non-hydrogen) atoms. The topological polar surface area (TPSA) is 71.5 Å². The fourth-order valence-corrected chi connectivity index (χ4v) is 1.71. The molecule has 0 aromatic carbocycles. The molecule has 1 heterocycles. The Morgan fingerprint density at radius 2 is 2.24 bits per heavy atom. The number of rotatable bonds is 5. The third kappa shape index (κ3) is 4.39. The van der Waals surface area contributed by atoms with Crippen LogP contribution in [-0.4, -0.2) is 49.5 Å². The summed E-state index contributed by atoms with van der Waals surface area (Å²) < 4.78 is 4.54. The molecule has 0 unspecified atom stereocenters. The van der Waals surface area contributed by atoms with E-state index in [0.717, 1.165) is 0 Å². The van der Waals surface area contributed by atoms with Crippen molar-refractivity contribution < 1.29 is 14.3 Å². The Morgan fingerprint density at radius 1 is 1.53 bits per heavy atom. The number of likely N-dealkylation sites (N-methyl/N-ethyl adjacent to an activating group) is 1. The first-order valence-corrected chi connectivity index (χ1v) is 5.86. The summed E-state index contributed by atoms with van der Waals surface area (Å²) in [7, 11) is 4.71. The van der Waals surface area contributed by atoms with Crippen LogP contribution in [0.3, 0.4) is 0 Å². The molecule has 7 heteroatoms. The molecule has 0 saturated carbocycles. The molecule has 1 rings (SSSR count). The maximum Gasteiger partial charge on any atom is 0.311 e. The molecule has 0 saturated heterocycles. The molecule has 0 bridgehead atoms. The van der Waals surface area contributed by atoms with Gasteiger partial charge in [-0.15, -0.1) is 11.3 Å². The summed E-state index contributed by atoms with van der Waals surface area (Å²) in [6.45, 7) is 0.193. The van der Waals surface area contributed by atoms with E-state index in [4.69, 9.17) is 0 Å². The molecular formula is C10H15N3O3S. The van der Waals surface area contributed by atoms with E-state index in [9.17, 15) is 9.59 Å². The fourth-order valence-electron chi connectivity index (χ4n) is 0.999. The van der Waals surface area contributed by atoms with Crippen LogP contribution in [0, 0.1) is 0 Å². The number of carbonyl (C=O) groups excluding carboxylic acids is 2. The van der Waals surface area contributed by atoms with E-state index in [0.29, 0.717) is 10.8 Å². The predicted octanol–water partition coefficient (Wildman–Crippen LogP) is 0.359. The highest BCUT2D eigenvalue weighted by atomic mass is 32.1. The summed E-state index contributed by atoms with van der Waals surface area (Å²) in [4.78, 5) is 28.0. The number of anilines is 1. The number of amides is 1. The number of nitrogens with zero attached hydrogens (tertiary/aromatic N) is 2. The van der Waals surface area contributed by atoms with Gasteiger partial charge in [0.1, 0.15) is 0 Å². The fraction of sp³-hybridized carbons (Fsp3) is 0.500. The first-order valence-electron chi connectivity index (χ1n) is 4.98. The number of esters is 1. The van der Waals surface area contributed by atoms with Crippen LogP contribution in [0.1, 0.15) is 5.69 Å². The molecule has 1 aromatic heterocycles. The number of ether oxygens (including phenoxy) is 1. The van der Waals surface area contributed by atoms with Crippen LogP contribution >= 0.6 is 11.3 Å². The molecule has 0 aliphatic heterocycles. The average molecular weight is 257 g/mol. The van der Waals surface area contributed by atoms with Gasteiger partial charge in [-0.3, -0.25) is 9.59 Å². The van der Waals surface area contributed by atoms with E-state index in [1.165, 1.54) is 23.3 Å². The smallest absolute Gasteiger partial charge is 0.311 e. The lowest BCUT2D eigenvalue weighted by Gasteiger charge is -2.09. The van der Waals surface area contributed by atoms with Crippen molar-refractivity contribution in [2.75, 3.05) is 33.1 Å². The number of thiazole rings is 1. The molecule has 0 aliphatic carbocycles.